The van der Waals surface area contributed by atoms with Gasteiger partial charge in [0.25, 0.3) is 10.0 Å². The van der Waals surface area contributed by atoms with E-state index in [2.05, 4.69) is 0 Å². The SMILES string of the molecule is O=S(=O)(NC1CCCCC1O)C(F)(F)C(F)(F)C(F)(F)C(F)(F)F. The number of sulfonamides is 1. The van der Waals surface area contributed by atoms with Crippen LogP contribution >= 0.6 is 0 Å². The van der Waals surface area contributed by atoms with Crippen LogP contribution in [-0.4, -0.2) is 48.9 Å². The molecule has 24 heavy (non-hydrogen) atoms. The Balaban J connectivity index is 3.20. The van der Waals surface area contributed by atoms with E-state index in [-0.39, 0.29) is 19.3 Å². The van der Waals surface area contributed by atoms with Crippen LogP contribution in [0, 0.1) is 0 Å². The lowest BCUT2D eigenvalue weighted by Crippen LogP contribution is -2.66. The Kier molecular flexibility index (Phi) is 5.49. The molecule has 1 aliphatic carbocycles. The molecule has 0 spiro atoms. The summed E-state index contributed by atoms with van der Waals surface area (Å²) < 4.78 is 138. The average Bonchev–Trinajstić information content (AvgIpc) is 2.39. The van der Waals surface area contributed by atoms with Gasteiger partial charge >= 0.3 is 23.3 Å². The first kappa shape index (κ1) is 21.3. The third-order valence-electron chi connectivity index (χ3n) is 3.49. The summed E-state index contributed by atoms with van der Waals surface area (Å²) in [5.41, 5.74) is 0. The maximum Gasteiger partial charge on any atom is 0.460 e. The van der Waals surface area contributed by atoms with Gasteiger partial charge in [0.15, 0.2) is 0 Å². The van der Waals surface area contributed by atoms with Crippen molar-refractivity contribution in [1.82, 2.24) is 4.72 Å². The van der Waals surface area contributed by atoms with Crippen molar-refractivity contribution < 1.29 is 53.0 Å². The van der Waals surface area contributed by atoms with E-state index in [9.17, 15) is 53.0 Å². The molecular weight excluding hydrogens is 385 g/mol. The summed E-state index contributed by atoms with van der Waals surface area (Å²) in [6.45, 7) is 0. The fraction of sp³-hybridized carbons (Fsp3) is 1.00. The molecule has 1 saturated carbocycles. The van der Waals surface area contributed by atoms with Crippen molar-refractivity contribution in [3.05, 3.63) is 0 Å². The molecule has 0 bridgehead atoms. The van der Waals surface area contributed by atoms with Crippen LogP contribution in [-0.2, 0) is 10.0 Å². The third kappa shape index (κ3) is 3.31. The van der Waals surface area contributed by atoms with Crippen molar-refractivity contribution in [2.45, 2.75) is 61.1 Å². The minimum atomic E-state index is -7.30. The Hall–Kier alpha value is -0.760. The van der Waals surface area contributed by atoms with Crippen LogP contribution < -0.4 is 4.72 Å². The largest absolute Gasteiger partial charge is 0.460 e. The zero-order chi connectivity index (χ0) is 19.2. The molecule has 0 aromatic rings. The summed E-state index contributed by atoms with van der Waals surface area (Å²) in [4.78, 5) is 0. The van der Waals surface area contributed by atoms with Crippen molar-refractivity contribution in [3.63, 3.8) is 0 Å². The molecule has 0 amide bonds. The van der Waals surface area contributed by atoms with Gasteiger partial charge in [-0.3, -0.25) is 0 Å². The summed E-state index contributed by atoms with van der Waals surface area (Å²) in [5.74, 6) is -14.6. The Bertz CT molecular complexity index is 560. The lowest BCUT2D eigenvalue weighted by Gasteiger charge is -2.35. The van der Waals surface area contributed by atoms with Gasteiger partial charge in [-0.2, -0.15) is 39.5 Å². The molecule has 144 valence electrons. The molecule has 0 aliphatic heterocycles. The monoisotopic (exact) mass is 397 g/mol. The average molecular weight is 397 g/mol. The van der Waals surface area contributed by atoms with Gasteiger partial charge in [-0.25, -0.2) is 13.1 Å². The third-order valence-corrected chi connectivity index (χ3v) is 5.03. The summed E-state index contributed by atoms with van der Waals surface area (Å²) in [6.07, 6.45) is -8.49. The van der Waals surface area contributed by atoms with Crippen molar-refractivity contribution in [1.29, 1.82) is 0 Å². The highest BCUT2D eigenvalue weighted by Gasteiger charge is 2.85. The molecule has 0 aromatic carbocycles. The van der Waals surface area contributed by atoms with Crippen molar-refractivity contribution in [2.24, 2.45) is 0 Å². The molecule has 0 radical (unpaired) electrons. The highest BCUT2D eigenvalue weighted by Crippen LogP contribution is 2.54. The molecular formula is C10H12F9NO3S. The Morgan fingerprint density at radius 3 is 1.71 bits per heavy atom. The lowest BCUT2D eigenvalue weighted by molar-refractivity contribution is -0.382. The second-order valence-corrected chi connectivity index (χ2v) is 7.00. The second-order valence-electron chi connectivity index (χ2n) is 5.24. The summed E-state index contributed by atoms with van der Waals surface area (Å²) in [7, 11) is -6.67. The Morgan fingerprint density at radius 2 is 1.29 bits per heavy atom. The van der Waals surface area contributed by atoms with E-state index >= 15 is 0 Å². The summed E-state index contributed by atoms with van der Waals surface area (Å²) in [6, 6.07) is -1.70. The van der Waals surface area contributed by atoms with Crippen LogP contribution in [0.2, 0.25) is 0 Å². The van der Waals surface area contributed by atoms with Crippen LogP contribution in [0.4, 0.5) is 39.5 Å². The number of aliphatic hydroxyl groups excluding tert-OH is 1. The van der Waals surface area contributed by atoms with Crippen LogP contribution in [0.5, 0.6) is 0 Å². The lowest BCUT2D eigenvalue weighted by atomic mass is 9.93. The van der Waals surface area contributed by atoms with Crippen LogP contribution in [0.3, 0.4) is 0 Å². The molecule has 0 saturated heterocycles. The number of halogens is 9. The number of hydrogen-bond acceptors (Lipinski definition) is 3. The van der Waals surface area contributed by atoms with Crippen molar-refractivity contribution in [2.75, 3.05) is 0 Å². The highest BCUT2D eigenvalue weighted by molar-refractivity contribution is 7.90. The standard InChI is InChI=1S/C10H12F9NO3S/c11-7(12,9(15,16)17)8(13,14)10(18,19)24(22,23)20-5-3-1-2-4-6(5)21/h5-6,20-21H,1-4H2. The van der Waals surface area contributed by atoms with E-state index in [1.165, 1.54) is 0 Å². The predicted molar refractivity (Wildman–Crippen MR) is 61.2 cm³/mol. The molecule has 1 rings (SSSR count). The van der Waals surface area contributed by atoms with Gasteiger partial charge in [0, 0.05) is 6.04 Å². The normalized spacial score (nSPS) is 24.9. The number of rotatable bonds is 5. The van der Waals surface area contributed by atoms with E-state index in [1.807, 2.05) is 0 Å². The maximum absolute atomic E-state index is 13.4. The number of nitrogens with one attached hydrogen (secondary N) is 1. The van der Waals surface area contributed by atoms with Crippen molar-refractivity contribution >= 4 is 10.0 Å². The molecule has 2 atom stereocenters. The van der Waals surface area contributed by atoms with Gasteiger partial charge in [-0.05, 0) is 12.8 Å². The van der Waals surface area contributed by atoms with Gasteiger partial charge in [0.1, 0.15) is 0 Å². The van der Waals surface area contributed by atoms with E-state index in [1.54, 1.807) is 0 Å². The minimum absolute atomic E-state index is 0.0894. The summed E-state index contributed by atoms with van der Waals surface area (Å²) >= 11 is 0. The Labute approximate surface area is 130 Å². The van der Waals surface area contributed by atoms with Gasteiger partial charge in [-0.15, -0.1) is 0 Å². The van der Waals surface area contributed by atoms with Crippen molar-refractivity contribution in [3.8, 4) is 0 Å². The van der Waals surface area contributed by atoms with Gasteiger partial charge < -0.3 is 5.11 Å². The fourth-order valence-electron chi connectivity index (χ4n) is 2.05. The quantitative estimate of drug-likeness (QED) is 0.701. The van der Waals surface area contributed by atoms with Gasteiger partial charge in [0.2, 0.25) is 0 Å². The van der Waals surface area contributed by atoms with E-state index in [0.717, 1.165) is 4.72 Å². The number of alkyl halides is 9. The van der Waals surface area contributed by atoms with Gasteiger partial charge in [-0.1, -0.05) is 12.8 Å². The van der Waals surface area contributed by atoms with E-state index in [4.69, 9.17) is 0 Å². The molecule has 0 heterocycles. The van der Waals surface area contributed by atoms with Crippen LogP contribution in [0.15, 0.2) is 0 Å². The smallest absolute Gasteiger partial charge is 0.391 e. The molecule has 4 nitrogen and oxygen atoms in total. The molecule has 0 aromatic heterocycles. The van der Waals surface area contributed by atoms with Crippen LogP contribution in [0.25, 0.3) is 0 Å². The zero-order valence-corrected chi connectivity index (χ0v) is 12.4. The number of hydrogen-bond donors (Lipinski definition) is 2. The maximum atomic E-state index is 13.4. The van der Waals surface area contributed by atoms with E-state index in [0.29, 0.717) is 6.42 Å². The Morgan fingerprint density at radius 1 is 0.833 bits per heavy atom. The first-order valence-electron chi connectivity index (χ1n) is 6.39. The number of aliphatic hydroxyl groups is 1. The molecule has 14 heteroatoms. The first-order chi connectivity index (χ1) is 10.5. The molecule has 2 unspecified atom stereocenters. The second kappa shape index (κ2) is 6.20. The highest BCUT2D eigenvalue weighted by atomic mass is 32.2. The van der Waals surface area contributed by atoms with Crippen LogP contribution in [0.1, 0.15) is 25.7 Å². The van der Waals surface area contributed by atoms with Gasteiger partial charge in [0.05, 0.1) is 6.10 Å². The fourth-order valence-corrected chi connectivity index (χ4v) is 3.34. The van der Waals surface area contributed by atoms with E-state index < -0.39 is 45.4 Å². The topological polar surface area (TPSA) is 66.4 Å². The summed E-state index contributed by atoms with van der Waals surface area (Å²) in [5, 5.41) is 2.62. The minimum Gasteiger partial charge on any atom is -0.391 e. The molecule has 1 aliphatic rings. The molecule has 2 N–H and O–H groups in total. The molecule has 1 fully saturated rings. The predicted octanol–water partition coefficient (Wildman–Crippen LogP) is 2.64. The zero-order valence-electron chi connectivity index (χ0n) is 11.6. The first-order valence-corrected chi connectivity index (χ1v) is 7.87.